The monoisotopic (exact) mass is 402 g/mol. The molecule has 0 spiro atoms. The second-order valence-corrected chi connectivity index (χ2v) is 8.00. The van der Waals surface area contributed by atoms with Gasteiger partial charge >= 0.3 is 12.3 Å². The lowest BCUT2D eigenvalue weighted by Gasteiger charge is -2.40. The number of nitrogens with zero attached hydrogens (tertiary/aromatic N) is 2. The van der Waals surface area contributed by atoms with Gasteiger partial charge in [0.1, 0.15) is 5.60 Å². The van der Waals surface area contributed by atoms with Crippen LogP contribution in [-0.4, -0.2) is 47.5 Å². The summed E-state index contributed by atoms with van der Waals surface area (Å²) < 4.78 is 56.8. The zero-order valence-electron chi connectivity index (χ0n) is 16.2. The highest BCUT2D eigenvalue weighted by atomic mass is 19.4. The van der Waals surface area contributed by atoms with Gasteiger partial charge in [-0.2, -0.15) is 13.2 Å². The highest BCUT2D eigenvalue weighted by Gasteiger charge is 2.47. The van der Waals surface area contributed by atoms with Gasteiger partial charge in [0.15, 0.2) is 6.29 Å². The first-order valence-corrected chi connectivity index (χ1v) is 9.30. The van der Waals surface area contributed by atoms with Crippen LogP contribution in [0.25, 0.3) is 0 Å². The van der Waals surface area contributed by atoms with E-state index in [-0.39, 0.29) is 19.4 Å². The molecule has 6 nitrogen and oxygen atoms in total. The van der Waals surface area contributed by atoms with E-state index in [0.29, 0.717) is 24.5 Å². The van der Waals surface area contributed by atoms with Crippen molar-refractivity contribution in [1.29, 1.82) is 0 Å². The van der Waals surface area contributed by atoms with Crippen molar-refractivity contribution in [2.75, 3.05) is 19.8 Å². The maximum Gasteiger partial charge on any atom is 0.410 e. The molecule has 3 rings (SSSR count). The summed E-state index contributed by atoms with van der Waals surface area (Å²) in [5, 5.41) is 0. The first kappa shape index (κ1) is 20.9. The Morgan fingerprint density at radius 1 is 1.25 bits per heavy atom. The van der Waals surface area contributed by atoms with E-state index in [0.717, 1.165) is 0 Å². The lowest BCUT2D eigenvalue weighted by atomic mass is 9.87. The van der Waals surface area contributed by atoms with Crippen LogP contribution in [-0.2, 0) is 14.2 Å². The van der Waals surface area contributed by atoms with Crippen molar-refractivity contribution in [1.82, 2.24) is 9.88 Å². The van der Waals surface area contributed by atoms with Crippen molar-refractivity contribution in [2.45, 2.75) is 57.7 Å². The molecule has 0 unspecified atom stereocenters. The van der Waals surface area contributed by atoms with E-state index in [1.165, 1.54) is 11.1 Å². The van der Waals surface area contributed by atoms with E-state index < -0.39 is 36.1 Å². The van der Waals surface area contributed by atoms with Crippen molar-refractivity contribution in [3.05, 3.63) is 29.6 Å². The van der Waals surface area contributed by atoms with E-state index in [4.69, 9.17) is 14.2 Å². The Bertz CT molecular complexity index is 699. The zero-order valence-corrected chi connectivity index (χ0v) is 16.2. The molecule has 1 aromatic rings. The fourth-order valence-corrected chi connectivity index (χ4v) is 3.51. The van der Waals surface area contributed by atoms with Crippen LogP contribution in [0.2, 0.25) is 0 Å². The average molecular weight is 402 g/mol. The Balaban J connectivity index is 1.95. The third-order valence-electron chi connectivity index (χ3n) is 4.76. The minimum Gasteiger partial charge on any atom is -0.444 e. The van der Waals surface area contributed by atoms with Crippen LogP contribution < -0.4 is 0 Å². The number of halogens is 3. The number of pyridine rings is 1. The smallest absolute Gasteiger partial charge is 0.410 e. The van der Waals surface area contributed by atoms with Crippen LogP contribution in [0.4, 0.5) is 18.0 Å². The second-order valence-electron chi connectivity index (χ2n) is 8.00. The van der Waals surface area contributed by atoms with Crippen LogP contribution in [0.3, 0.4) is 0 Å². The average Bonchev–Trinajstić information content (AvgIpc) is 3.13. The summed E-state index contributed by atoms with van der Waals surface area (Å²) >= 11 is 0. The molecule has 2 aliphatic heterocycles. The van der Waals surface area contributed by atoms with Gasteiger partial charge in [-0.1, -0.05) is 6.07 Å². The van der Waals surface area contributed by atoms with Gasteiger partial charge in [-0.15, -0.1) is 0 Å². The summed E-state index contributed by atoms with van der Waals surface area (Å²) in [4.78, 5) is 18.4. The van der Waals surface area contributed by atoms with Crippen molar-refractivity contribution in [3.63, 3.8) is 0 Å². The maximum absolute atomic E-state index is 13.4. The molecule has 1 amide bonds. The normalized spacial score (nSPS) is 24.4. The number of carbonyl (C=O) groups is 1. The van der Waals surface area contributed by atoms with E-state index in [1.807, 2.05) is 0 Å². The van der Waals surface area contributed by atoms with E-state index in [1.54, 1.807) is 32.9 Å². The standard InChI is InChI=1S/C19H25F3N2O4/c1-18(2,3)28-17(25)24-8-6-12(19(20,21)22)11-14(24)15-13(5-4-7-23-15)16-26-9-10-27-16/h4-5,7,12,14,16H,6,8-11H2,1-3H3/t12-,14+/m0/s1. The maximum atomic E-state index is 13.4. The molecule has 1 aromatic heterocycles. The molecule has 2 aliphatic rings. The molecule has 0 aromatic carbocycles. The lowest BCUT2D eigenvalue weighted by molar-refractivity contribution is -0.189. The molecule has 0 aliphatic carbocycles. The Morgan fingerprint density at radius 2 is 1.93 bits per heavy atom. The highest BCUT2D eigenvalue weighted by Crippen LogP contribution is 2.44. The van der Waals surface area contributed by atoms with Gasteiger partial charge < -0.3 is 14.2 Å². The molecule has 156 valence electrons. The summed E-state index contributed by atoms with van der Waals surface area (Å²) in [5.41, 5.74) is 0.142. The van der Waals surface area contributed by atoms with Crippen LogP contribution in [0.1, 0.15) is 57.2 Å². The van der Waals surface area contributed by atoms with Gasteiger partial charge in [-0.05, 0) is 39.7 Å². The Morgan fingerprint density at radius 3 is 2.54 bits per heavy atom. The van der Waals surface area contributed by atoms with E-state index in [9.17, 15) is 18.0 Å². The molecule has 2 saturated heterocycles. The van der Waals surface area contributed by atoms with Crippen molar-refractivity contribution >= 4 is 6.09 Å². The highest BCUT2D eigenvalue weighted by molar-refractivity contribution is 5.69. The van der Waals surface area contributed by atoms with Gasteiger partial charge in [-0.3, -0.25) is 9.88 Å². The van der Waals surface area contributed by atoms with E-state index >= 15 is 0 Å². The summed E-state index contributed by atoms with van der Waals surface area (Å²) in [6.45, 7) is 5.87. The number of piperidine rings is 1. The molecular weight excluding hydrogens is 377 g/mol. The predicted octanol–water partition coefficient (Wildman–Crippen LogP) is 4.38. The number of alkyl halides is 3. The molecule has 9 heteroatoms. The number of likely N-dealkylation sites (tertiary alicyclic amines) is 1. The van der Waals surface area contributed by atoms with Crippen LogP contribution in [0.15, 0.2) is 18.3 Å². The van der Waals surface area contributed by atoms with Gasteiger partial charge in [-0.25, -0.2) is 4.79 Å². The van der Waals surface area contributed by atoms with Gasteiger partial charge in [0.2, 0.25) is 0 Å². The Kier molecular flexibility index (Phi) is 5.86. The molecule has 28 heavy (non-hydrogen) atoms. The number of aromatic nitrogens is 1. The van der Waals surface area contributed by atoms with Gasteiger partial charge in [0.25, 0.3) is 0 Å². The summed E-state index contributed by atoms with van der Waals surface area (Å²) in [7, 11) is 0. The van der Waals surface area contributed by atoms with Crippen molar-refractivity contribution in [3.8, 4) is 0 Å². The second kappa shape index (κ2) is 7.87. The number of ether oxygens (including phenoxy) is 3. The number of amides is 1. The fraction of sp³-hybridized carbons (Fsp3) is 0.684. The molecule has 0 N–H and O–H groups in total. The summed E-state index contributed by atoms with van der Waals surface area (Å²) in [6, 6.07) is 2.51. The van der Waals surface area contributed by atoms with Crippen LogP contribution >= 0.6 is 0 Å². The van der Waals surface area contributed by atoms with Crippen LogP contribution in [0, 0.1) is 5.92 Å². The third kappa shape index (κ3) is 4.75. The summed E-state index contributed by atoms with van der Waals surface area (Å²) in [6.07, 6.45) is -4.64. The summed E-state index contributed by atoms with van der Waals surface area (Å²) in [5.74, 6) is -1.52. The molecule has 0 bridgehead atoms. The first-order valence-electron chi connectivity index (χ1n) is 9.30. The molecule has 0 radical (unpaired) electrons. The molecule has 2 atom stereocenters. The lowest BCUT2D eigenvalue weighted by Crippen LogP contribution is -2.46. The largest absolute Gasteiger partial charge is 0.444 e. The van der Waals surface area contributed by atoms with Gasteiger partial charge in [0.05, 0.1) is 30.9 Å². The molecule has 0 saturated carbocycles. The van der Waals surface area contributed by atoms with Crippen molar-refractivity contribution < 1.29 is 32.2 Å². The van der Waals surface area contributed by atoms with E-state index in [2.05, 4.69) is 4.98 Å². The third-order valence-corrected chi connectivity index (χ3v) is 4.76. The number of hydrogen-bond acceptors (Lipinski definition) is 5. The molecular formula is C19H25F3N2O4. The van der Waals surface area contributed by atoms with Crippen LogP contribution in [0.5, 0.6) is 0 Å². The molecule has 2 fully saturated rings. The quantitative estimate of drug-likeness (QED) is 0.735. The first-order chi connectivity index (χ1) is 13.1. The molecule has 3 heterocycles. The fourth-order valence-electron chi connectivity index (χ4n) is 3.51. The number of rotatable bonds is 2. The topological polar surface area (TPSA) is 60.9 Å². The Hall–Kier alpha value is -1.87. The van der Waals surface area contributed by atoms with Gasteiger partial charge in [0, 0.05) is 18.3 Å². The zero-order chi connectivity index (χ0) is 20.5. The Labute approximate surface area is 162 Å². The minimum absolute atomic E-state index is 0.0633. The van der Waals surface area contributed by atoms with Crippen molar-refractivity contribution in [2.24, 2.45) is 5.92 Å². The SMILES string of the molecule is CC(C)(C)OC(=O)N1CC[C@H](C(F)(F)F)C[C@@H]1c1ncccc1C1OCCO1. The number of carbonyl (C=O) groups excluding carboxylic acids is 1. The number of hydrogen-bond donors (Lipinski definition) is 0. The minimum atomic E-state index is -4.34. The predicted molar refractivity (Wildman–Crippen MR) is 93.3 cm³/mol.